The van der Waals surface area contributed by atoms with Crippen molar-refractivity contribution in [3.8, 4) is 0 Å². The molecule has 30 heavy (non-hydrogen) atoms. The van der Waals surface area contributed by atoms with E-state index in [1.807, 2.05) is 6.07 Å². The number of nitrogens with one attached hydrogen (secondary N) is 2. The van der Waals surface area contributed by atoms with E-state index in [2.05, 4.69) is 52.3 Å². The Hall–Kier alpha value is -1.78. The number of aliphatic hydroxyl groups is 2. The van der Waals surface area contributed by atoms with Crippen LogP contribution >= 0.6 is 23.3 Å². The van der Waals surface area contributed by atoms with Crippen molar-refractivity contribution in [2.75, 3.05) is 38.3 Å². The number of anilines is 1. The number of aliphatic hydroxyl groups excluding tert-OH is 2. The van der Waals surface area contributed by atoms with Gasteiger partial charge in [0, 0.05) is 24.5 Å². The third-order valence-electron chi connectivity index (χ3n) is 4.60. The molecule has 1 aromatic heterocycles. The van der Waals surface area contributed by atoms with Crippen molar-refractivity contribution < 1.29 is 14.9 Å². The van der Waals surface area contributed by atoms with Gasteiger partial charge >= 0.3 is 0 Å². The molecule has 0 saturated heterocycles. The Morgan fingerprint density at radius 2 is 2.10 bits per heavy atom. The lowest BCUT2D eigenvalue weighted by atomic mass is 10.2. The van der Waals surface area contributed by atoms with Crippen LogP contribution in [0.25, 0.3) is 5.70 Å². The highest BCUT2D eigenvalue weighted by atomic mass is 32.2. The molecule has 7 nitrogen and oxygen atoms in total. The first kappa shape index (κ1) is 22.9. The summed E-state index contributed by atoms with van der Waals surface area (Å²) < 4.78 is 7.53. The summed E-state index contributed by atoms with van der Waals surface area (Å²) in [5.74, 6) is 0.892. The Kier molecular flexibility index (Phi) is 9.28. The van der Waals surface area contributed by atoms with E-state index in [-0.39, 0.29) is 19.3 Å². The molecule has 0 fully saturated rings. The molecular weight excluding hydrogens is 420 g/mol. The number of hydrogen-bond acceptors (Lipinski definition) is 9. The minimum absolute atomic E-state index is 0.00633. The topological polar surface area (TPSA) is 89.9 Å². The van der Waals surface area contributed by atoms with Crippen LogP contribution in [0.4, 0.5) is 5.13 Å². The second-order valence-electron chi connectivity index (χ2n) is 6.86. The molecule has 0 amide bonds. The zero-order valence-electron chi connectivity index (χ0n) is 17.2. The van der Waals surface area contributed by atoms with Gasteiger partial charge in [-0.05, 0) is 23.9 Å². The third kappa shape index (κ3) is 6.61. The molecule has 0 saturated carbocycles. The maximum atomic E-state index is 9.64. The van der Waals surface area contributed by atoms with Crippen LogP contribution in [0.2, 0.25) is 0 Å². The molecule has 0 radical (unpaired) electrons. The molecule has 1 aromatic carbocycles. The maximum absolute atomic E-state index is 9.64. The van der Waals surface area contributed by atoms with Crippen LogP contribution in [-0.2, 0) is 17.0 Å². The van der Waals surface area contributed by atoms with E-state index >= 15 is 0 Å². The number of ether oxygens (including phenoxy) is 1. The predicted octanol–water partition coefficient (Wildman–Crippen LogP) is 2.89. The van der Waals surface area contributed by atoms with Gasteiger partial charge in [0.15, 0.2) is 5.13 Å². The van der Waals surface area contributed by atoms with Gasteiger partial charge in [-0.15, -0.1) is 0 Å². The van der Waals surface area contributed by atoms with E-state index in [0.29, 0.717) is 19.8 Å². The second kappa shape index (κ2) is 12.2. The molecule has 1 aliphatic rings. The molecule has 164 valence electrons. The summed E-state index contributed by atoms with van der Waals surface area (Å²) in [5, 5.41) is 26.0. The summed E-state index contributed by atoms with van der Waals surface area (Å²) in [6, 6.07) is 10.4. The van der Waals surface area contributed by atoms with Crippen LogP contribution in [0.3, 0.4) is 0 Å². The van der Waals surface area contributed by atoms with E-state index in [9.17, 15) is 5.11 Å². The molecule has 0 bridgehead atoms. The molecule has 1 unspecified atom stereocenters. The maximum Gasteiger partial charge on any atom is 0.183 e. The molecule has 1 atom stereocenters. The molecule has 4 N–H and O–H groups in total. The van der Waals surface area contributed by atoms with Gasteiger partial charge in [0.2, 0.25) is 0 Å². The quantitative estimate of drug-likeness (QED) is 0.274. The molecule has 9 heteroatoms. The van der Waals surface area contributed by atoms with Gasteiger partial charge < -0.3 is 29.9 Å². The van der Waals surface area contributed by atoms with Gasteiger partial charge in [0.25, 0.3) is 0 Å². The Morgan fingerprint density at radius 3 is 2.83 bits per heavy atom. The van der Waals surface area contributed by atoms with Crippen LogP contribution < -0.4 is 10.6 Å². The third-order valence-corrected chi connectivity index (χ3v) is 6.62. The lowest BCUT2D eigenvalue weighted by Crippen LogP contribution is -2.33. The number of nitrogens with zero attached hydrogens (tertiary/aromatic N) is 2. The van der Waals surface area contributed by atoms with Crippen molar-refractivity contribution in [1.82, 2.24) is 14.6 Å². The number of aromatic nitrogens is 1. The van der Waals surface area contributed by atoms with Crippen molar-refractivity contribution in [2.24, 2.45) is 0 Å². The van der Waals surface area contributed by atoms with E-state index in [4.69, 9.17) is 14.8 Å². The number of hydrogen-bond donors (Lipinski definition) is 4. The van der Waals surface area contributed by atoms with Crippen LogP contribution in [0.1, 0.15) is 29.5 Å². The fraction of sp³-hybridized carbons (Fsp3) is 0.476. The Bertz CT molecular complexity index is 797. The summed E-state index contributed by atoms with van der Waals surface area (Å²) in [5.41, 5.74) is 3.17. The van der Waals surface area contributed by atoms with Crippen LogP contribution in [0, 0.1) is 0 Å². The smallest absolute Gasteiger partial charge is 0.183 e. The number of thiazole rings is 1. The molecule has 0 aliphatic carbocycles. The first-order valence-corrected chi connectivity index (χ1v) is 11.9. The highest BCUT2D eigenvalue weighted by Crippen LogP contribution is 2.35. The monoisotopic (exact) mass is 450 g/mol. The van der Waals surface area contributed by atoms with E-state index in [1.165, 1.54) is 10.4 Å². The van der Waals surface area contributed by atoms with Crippen molar-refractivity contribution in [1.29, 1.82) is 0 Å². The zero-order valence-corrected chi connectivity index (χ0v) is 18.8. The Balaban J connectivity index is 1.68. The van der Waals surface area contributed by atoms with Crippen LogP contribution in [-0.4, -0.2) is 58.5 Å². The Labute approximate surface area is 186 Å². The molecule has 3 rings (SSSR count). The highest BCUT2D eigenvalue weighted by molar-refractivity contribution is 7.96. The second-order valence-corrected chi connectivity index (χ2v) is 8.96. The van der Waals surface area contributed by atoms with Gasteiger partial charge in [0.1, 0.15) is 5.69 Å². The molecule has 2 aromatic rings. The fourth-order valence-electron chi connectivity index (χ4n) is 2.95. The van der Waals surface area contributed by atoms with Crippen molar-refractivity contribution in [3.05, 3.63) is 52.7 Å². The van der Waals surface area contributed by atoms with Crippen molar-refractivity contribution in [3.63, 3.8) is 0 Å². The summed E-state index contributed by atoms with van der Waals surface area (Å²) in [7, 11) is 0. The molecular formula is C21H30N4O3S2. The predicted molar refractivity (Wildman–Crippen MR) is 124 cm³/mol. The first-order chi connectivity index (χ1) is 14.7. The SMILES string of the molecule is CCC(CO)NC1=CN(SCc2ccccc2)Cc2sc(NCCOCCO)nc21. The van der Waals surface area contributed by atoms with Crippen molar-refractivity contribution in [2.45, 2.75) is 31.7 Å². The summed E-state index contributed by atoms with van der Waals surface area (Å²) in [4.78, 5) is 5.97. The van der Waals surface area contributed by atoms with Crippen LogP contribution in [0.15, 0.2) is 36.5 Å². The zero-order chi connectivity index (χ0) is 21.2. The number of benzene rings is 1. The lowest BCUT2D eigenvalue weighted by Gasteiger charge is -2.27. The largest absolute Gasteiger partial charge is 0.394 e. The van der Waals surface area contributed by atoms with Gasteiger partial charge in [-0.25, -0.2) is 4.98 Å². The van der Waals surface area contributed by atoms with Crippen LogP contribution in [0.5, 0.6) is 0 Å². The summed E-state index contributed by atoms with van der Waals surface area (Å²) in [6.07, 6.45) is 2.93. The van der Waals surface area contributed by atoms with Gasteiger partial charge in [-0.3, -0.25) is 0 Å². The summed E-state index contributed by atoms with van der Waals surface area (Å²) >= 11 is 3.41. The average Bonchev–Trinajstić information content (AvgIpc) is 3.19. The minimum Gasteiger partial charge on any atom is -0.394 e. The Morgan fingerprint density at radius 1 is 1.27 bits per heavy atom. The standard InChI is InChI=1S/C21H30N4O3S2/c1-2-17(14-27)23-18-12-25(29-15-16-6-4-3-5-7-16)13-19-20(18)24-21(30-19)22-8-10-28-11-9-26/h3-7,12,17,23,26-27H,2,8-11,13-15H2,1H3,(H,22,24). The van der Waals surface area contributed by atoms with E-state index in [0.717, 1.165) is 35.2 Å². The average molecular weight is 451 g/mol. The molecule has 1 aliphatic heterocycles. The number of fused-ring (bicyclic) bond motifs is 1. The molecule has 0 spiro atoms. The fourth-order valence-corrected chi connectivity index (χ4v) is 4.94. The highest BCUT2D eigenvalue weighted by Gasteiger charge is 2.24. The van der Waals surface area contributed by atoms with Gasteiger partial charge in [-0.2, -0.15) is 0 Å². The van der Waals surface area contributed by atoms with Gasteiger partial charge in [-0.1, -0.05) is 48.6 Å². The lowest BCUT2D eigenvalue weighted by molar-refractivity contribution is 0.0992. The summed E-state index contributed by atoms with van der Waals surface area (Å²) in [6.45, 7) is 4.46. The van der Waals surface area contributed by atoms with E-state index < -0.39 is 0 Å². The van der Waals surface area contributed by atoms with Crippen molar-refractivity contribution >= 4 is 34.1 Å². The minimum atomic E-state index is -0.00633. The number of rotatable bonds is 13. The van der Waals surface area contributed by atoms with E-state index in [1.54, 1.807) is 23.3 Å². The first-order valence-electron chi connectivity index (χ1n) is 10.2. The molecule has 2 heterocycles. The normalized spacial score (nSPS) is 14.2. The van der Waals surface area contributed by atoms with Gasteiger partial charge in [0.05, 0.1) is 43.5 Å².